The van der Waals surface area contributed by atoms with Crippen LogP contribution in [0.5, 0.6) is 0 Å². The van der Waals surface area contributed by atoms with Gasteiger partial charge in [0.15, 0.2) is 0 Å². The molecular weight excluding hydrogens is 186 g/mol. The maximum atomic E-state index is 10.1. The molecule has 0 aromatic carbocycles. The fraction of sp³-hybridized carbons (Fsp3) is 1.00. The van der Waals surface area contributed by atoms with Crippen LogP contribution in [0.15, 0.2) is 0 Å². The standard InChI is InChI=1S/C13H29NO/c1-5-6-7-8-13(4,15)9-10-14-11-12(2)3/h12,14-15H,5-11H2,1-4H3. The average molecular weight is 215 g/mol. The smallest absolute Gasteiger partial charge is 0.0631 e. The van der Waals surface area contributed by atoms with Crippen molar-refractivity contribution in [2.24, 2.45) is 5.92 Å². The molecule has 0 spiro atoms. The predicted octanol–water partition coefficient (Wildman–Crippen LogP) is 2.95. The highest BCUT2D eigenvalue weighted by Gasteiger charge is 2.18. The molecular formula is C13H29NO. The Bertz CT molecular complexity index is 143. The Kier molecular flexibility index (Phi) is 8.07. The van der Waals surface area contributed by atoms with E-state index in [-0.39, 0.29) is 0 Å². The second-order valence-electron chi connectivity index (χ2n) is 5.30. The van der Waals surface area contributed by atoms with Gasteiger partial charge in [0.25, 0.3) is 0 Å². The maximum absolute atomic E-state index is 10.1. The molecule has 0 amide bonds. The summed E-state index contributed by atoms with van der Waals surface area (Å²) >= 11 is 0. The third-order valence-electron chi connectivity index (χ3n) is 2.71. The molecule has 0 saturated carbocycles. The van der Waals surface area contributed by atoms with Crippen LogP contribution in [0.4, 0.5) is 0 Å². The van der Waals surface area contributed by atoms with Crippen molar-refractivity contribution in [3.8, 4) is 0 Å². The lowest BCUT2D eigenvalue weighted by Gasteiger charge is -2.23. The summed E-state index contributed by atoms with van der Waals surface area (Å²) in [6.45, 7) is 10.5. The first kappa shape index (κ1) is 14.9. The summed E-state index contributed by atoms with van der Waals surface area (Å²) in [6.07, 6.45) is 5.40. The number of aliphatic hydroxyl groups is 1. The Morgan fingerprint density at radius 2 is 1.87 bits per heavy atom. The topological polar surface area (TPSA) is 32.3 Å². The van der Waals surface area contributed by atoms with Crippen LogP contribution in [0.1, 0.15) is 59.8 Å². The number of unbranched alkanes of at least 4 members (excludes halogenated alkanes) is 2. The first-order chi connectivity index (χ1) is 6.98. The van der Waals surface area contributed by atoms with Gasteiger partial charge < -0.3 is 10.4 Å². The van der Waals surface area contributed by atoms with Gasteiger partial charge >= 0.3 is 0 Å². The summed E-state index contributed by atoms with van der Waals surface area (Å²) in [6, 6.07) is 0. The van der Waals surface area contributed by atoms with Crippen molar-refractivity contribution in [2.45, 2.75) is 65.4 Å². The van der Waals surface area contributed by atoms with E-state index >= 15 is 0 Å². The molecule has 0 fully saturated rings. The van der Waals surface area contributed by atoms with Gasteiger partial charge in [-0.3, -0.25) is 0 Å². The van der Waals surface area contributed by atoms with E-state index in [4.69, 9.17) is 0 Å². The predicted molar refractivity (Wildman–Crippen MR) is 67.1 cm³/mol. The van der Waals surface area contributed by atoms with Crippen molar-refractivity contribution in [1.82, 2.24) is 5.32 Å². The normalized spacial score (nSPS) is 15.6. The van der Waals surface area contributed by atoms with E-state index in [2.05, 4.69) is 26.1 Å². The highest BCUT2D eigenvalue weighted by molar-refractivity contribution is 4.73. The van der Waals surface area contributed by atoms with Gasteiger partial charge in [-0.15, -0.1) is 0 Å². The summed E-state index contributed by atoms with van der Waals surface area (Å²) in [5.74, 6) is 0.690. The Morgan fingerprint density at radius 1 is 1.20 bits per heavy atom. The summed E-state index contributed by atoms with van der Waals surface area (Å²) in [5.41, 5.74) is -0.473. The van der Waals surface area contributed by atoms with Gasteiger partial charge in [0.2, 0.25) is 0 Å². The van der Waals surface area contributed by atoms with Gasteiger partial charge in [-0.25, -0.2) is 0 Å². The molecule has 15 heavy (non-hydrogen) atoms. The molecule has 0 rings (SSSR count). The minimum Gasteiger partial charge on any atom is -0.390 e. The van der Waals surface area contributed by atoms with E-state index in [0.717, 1.165) is 32.4 Å². The quantitative estimate of drug-likeness (QED) is 0.580. The fourth-order valence-electron chi connectivity index (χ4n) is 1.63. The molecule has 0 aliphatic heterocycles. The molecule has 0 radical (unpaired) electrons. The van der Waals surface area contributed by atoms with Gasteiger partial charge in [-0.1, -0.05) is 40.0 Å². The molecule has 0 aromatic rings. The lowest BCUT2D eigenvalue weighted by molar-refractivity contribution is 0.0396. The molecule has 2 heteroatoms. The third kappa shape index (κ3) is 10.2. The third-order valence-corrected chi connectivity index (χ3v) is 2.71. The van der Waals surface area contributed by atoms with Crippen LogP contribution in [0.25, 0.3) is 0 Å². The van der Waals surface area contributed by atoms with Gasteiger partial charge in [-0.2, -0.15) is 0 Å². The molecule has 92 valence electrons. The van der Waals surface area contributed by atoms with Gasteiger partial charge in [0.05, 0.1) is 5.60 Å². The molecule has 0 saturated heterocycles. The van der Waals surface area contributed by atoms with E-state index in [1.54, 1.807) is 0 Å². The molecule has 2 N–H and O–H groups in total. The van der Waals surface area contributed by atoms with E-state index in [1.807, 2.05) is 6.92 Å². The van der Waals surface area contributed by atoms with E-state index in [9.17, 15) is 5.11 Å². The monoisotopic (exact) mass is 215 g/mol. The molecule has 0 aliphatic rings. The number of hydrogen-bond donors (Lipinski definition) is 2. The zero-order chi connectivity index (χ0) is 11.7. The van der Waals surface area contributed by atoms with Crippen LogP contribution in [0.2, 0.25) is 0 Å². The van der Waals surface area contributed by atoms with Crippen molar-refractivity contribution in [3.05, 3.63) is 0 Å². The van der Waals surface area contributed by atoms with Crippen molar-refractivity contribution < 1.29 is 5.11 Å². The van der Waals surface area contributed by atoms with Gasteiger partial charge in [0, 0.05) is 0 Å². The van der Waals surface area contributed by atoms with Crippen molar-refractivity contribution in [3.63, 3.8) is 0 Å². The van der Waals surface area contributed by atoms with Crippen LogP contribution in [-0.4, -0.2) is 23.8 Å². The summed E-state index contributed by atoms with van der Waals surface area (Å²) in [4.78, 5) is 0. The summed E-state index contributed by atoms with van der Waals surface area (Å²) in [5, 5.41) is 13.4. The lowest BCUT2D eigenvalue weighted by Crippen LogP contribution is -2.31. The van der Waals surface area contributed by atoms with E-state index in [0.29, 0.717) is 5.92 Å². The van der Waals surface area contributed by atoms with Crippen LogP contribution in [0, 0.1) is 5.92 Å². The Morgan fingerprint density at radius 3 is 2.40 bits per heavy atom. The fourth-order valence-corrected chi connectivity index (χ4v) is 1.63. The minimum absolute atomic E-state index is 0.473. The molecule has 1 unspecified atom stereocenters. The van der Waals surface area contributed by atoms with Crippen molar-refractivity contribution >= 4 is 0 Å². The van der Waals surface area contributed by atoms with Crippen LogP contribution < -0.4 is 5.32 Å². The zero-order valence-corrected chi connectivity index (χ0v) is 11.0. The number of hydrogen-bond acceptors (Lipinski definition) is 2. The van der Waals surface area contributed by atoms with E-state index < -0.39 is 5.60 Å². The minimum atomic E-state index is -0.473. The van der Waals surface area contributed by atoms with Crippen LogP contribution in [-0.2, 0) is 0 Å². The second-order valence-corrected chi connectivity index (χ2v) is 5.30. The average Bonchev–Trinajstić information content (AvgIpc) is 2.13. The zero-order valence-electron chi connectivity index (χ0n) is 11.0. The van der Waals surface area contributed by atoms with Gasteiger partial charge in [-0.05, 0) is 38.8 Å². The molecule has 0 aromatic heterocycles. The molecule has 1 atom stereocenters. The van der Waals surface area contributed by atoms with Gasteiger partial charge in [0.1, 0.15) is 0 Å². The lowest BCUT2D eigenvalue weighted by atomic mass is 9.95. The molecule has 0 bridgehead atoms. The number of nitrogens with one attached hydrogen (secondary N) is 1. The van der Waals surface area contributed by atoms with Crippen LogP contribution in [0.3, 0.4) is 0 Å². The maximum Gasteiger partial charge on any atom is 0.0631 e. The van der Waals surface area contributed by atoms with Crippen LogP contribution >= 0.6 is 0 Å². The number of rotatable bonds is 9. The SMILES string of the molecule is CCCCCC(C)(O)CCNCC(C)C. The Balaban J connectivity index is 3.46. The molecule has 2 nitrogen and oxygen atoms in total. The first-order valence-electron chi connectivity index (χ1n) is 6.41. The van der Waals surface area contributed by atoms with E-state index in [1.165, 1.54) is 12.8 Å². The van der Waals surface area contributed by atoms with Crippen molar-refractivity contribution in [1.29, 1.82) is 0 Å². The largest absolute Gasteiger partial charge is 0.390 e. The summed E-state index contributed by atoms with van der Waals surface area (Å²) < 4.78 is 0. The second kappa shape index (κ2) is 8.12. The molecule has 0 aliphatic carbocycles. The van der Waals surface area contributed by atoms with Crippen molar-refractivity contribution in [2.75, 3.05) is 13.1 Å². The Labute approximate surface area is 95.5 Å². The molecule has 0 heterocycles. The highest BCUT2D eigenvalue weighted by Crippen LogP contribution is 2.17. The summed E-state index contributed by atoms with van der Waals surface area (Å²) in [7, 11) is 0. The Hall–Kier alpha value is -0.0800. The highest BCUT2D eigenvalue weighted by atomic mass is 16.3. The first-order valence-corrected chi connectivity index (χ1v) is 6.41.